The Labute approximate surface area is 234 Å². The van der Waals surface area contributed by atoms with Crippen LogP contribution in [0.4, 0.5) is 21.6 Å². The molecule has 0 atom stereocenters. The zero-order valence-electron chi connectivity index (χ0n) is 21.1. The fourth-order valence-electron chi connectivity index (χ4n) is 3.95. The molecule has 0 aliphatic rings. The predicted octanol–water partition coefficient (Wildman–Crippen LogP) is 6.78. The van der Waals surface area contributed by atoms with E-state index in [1.807, 2.05) is 41.3 Å². The highest BCUT2D eigenvalue weighted by Crippen LogP contribution is 2.41. The normalized spacial score (nSPS) is 10.7. The van der Waals surface area contributed by atoms with Gasteiger partial charge in [-0.3, -0.25) is 9.69 Å². The summed E-state index contributed by atoms with van der Waals surface area (Å²) in [5.74, 6) is 0.738. The fraction of sp³-hybridized carbons (Fsp3) is 0.0667. The van der Waals surface area contributed by atoms with E-state index in [0.717, 1.165) is 5.69 Å². The molecular weight excluding hydrogens is 533 g/mol. The minimum Gasteiger partial charge on any atom is -0.487 e. The number of nitrogens with one attached hydrogen (secondary N) is 1. The standard InChI is InChI=1S/C30H23ClFN5O3/c1-2-29(38)34-16-22-14-28(40-36-22)25-17-33-19-35-30(25)37(23-9-4-3-5-10-23)24-11-12-27(26(31)15-24)39-18-20-7-6-8-21(32)13-20/h2-15,17,19H,1,16,18H2,(H,34,38). The number of carbonyl (C=O) groups excluding carboxylic acids is 1. The van der Waals surface area contributed by atoms with E-state index in [1.54, 1.807) is 36.5 Å². The van der Waals surface area contributed by atoms with E-state index in [9.17, 15) is 9.18 Å². The number of hydrogen-bond acceptors (Lipinski definition) is 7. The first-order chi connectivity index (χ1) is 19.5. The molecule has 8 nitrogen and oxygen atoms in total. The van der Waals surface area contributed by atoms with E-state index >= 15 is 0 Å². The zero-order chi connectivity index (χ0) is 27.9. The van der Waals surface area contributed by atoms with Gasteiger partial charge in [-0.05, 0) is 54.1 Å². The number of benzene rings is 3. The van der Waals surface area contributed by atoms with Crippen molar-refractivity contribution in [1.29, 1.82) is 0 Å². The second-order valence-electron chi connectivity index (χ2n) is 8.57. The van der Waals surface area contributed by atoms with Crippen molar-refractivity contribution in [3.8, 4) is 17.1 Å². The van der Waals surface area contributed by atoms with Gasteiger partial charge >= 0.3 is 0 Å². The molecule has 0 aliphatic heterocycles. The van der Waals surface area contributed by atoms with Gasteiger partial charge in [-0.25, -0.2) is 14.4 Å². The van der Waals surface area contributed by atoms with Crippen molar-refractivity contribution < 1.29 is 18.4 Å². The second kappa shape index (κ2) is 12.2. The molecule has 0 saturated carbocycles. The van der Waals surface area contributed by atoms with Gasteiger partial charge < -0.3 is 14.6 Å². The molecule has 200 valence electrons. The van der Waals surface area contributed by atoms with Crippen LogP contribution in [0.5, 0.6) is 5.75 Å². The third-order valence-electron chi connectivity index (χ3n) is 5.83. The molecule has 1 amide bonds. The van der Waals surface area contributed by atoms with Crippen molar-refractivity contribution in [2.75, 3.05) is 4.90 Å². The number of anilines is 3. The van der Waals surface area contributed by atoms with Crippen LogP contribution < -0.4 is 15.0 Å². The third kappa shape index (κ3) is 6.16. The van der Waals surface area contributed by atoms with Crippen LogP contribution in [0.2, 0.25) is 5.02 Å². The Morgan fingerprint density at radius 2 is 1.93 bits per heavy atom. The molecule has 5 aromatic rings. The minimum atomic E-state index is -0.331. The molecule has 0 bridgehead atoms. The Morgan fingerprint density at radius 1 is 1.07 bits per heavy atom. The number of halogens is 2. The smallest absolute Gasteiger partial charge is 0.243 e. The molecule has 10 heteroatoms. The van der Waals surface area contributed by atoms with Crippen LogP contribution in [-0.2, 0) is 17.9 Å². The van der Waals surface area contributed by atoms with E-state index in [1.165, 1.54) is 24.5 Å². The molecule has 5 rings (SSSR count). The van der Waals surface area contributed by atoms with Gasteiger partial charge in [0.15, 0.2) is 11.6 Å². The molecule has 0 spiro atoms. The molecule has 0 aliphatic carbocycles. The molecule has 0 unspecified atom stereocenters. The van der Waals surface area contributed by atoms with E-state index < -0.39 is 0 Å². The van der Waals surface area contributed by atoms with Crippen molar-refractivity contribution in [3.63, 3.8) is 0 Å². The Kier molecular flexibility index (Phi) is 8.13. The lowest BCUT2D eigenvalue weighted by atomic mass is 10.1. The van der Waals surface area contributed by atoms with Crippen molar-refractivity contribution in [3.05, 3.63) is 126 Å². The SMILES string of the molecule is C=CC(=O)NCc1cc(-c2cncnc2N(c2ccccc2)c2ccc(OCc3cccc(F)c3)c(Cl)c2)on1. The summed E-state index contributed by atoms with van der Waals surface area (Å²) < 4.78 is 25.0. The molecule has 40 heavy (non-hydrogen) atoms. The van der Waals surface area contributed by atoms with E-state index in [2.05, 4.69) is 27.0 Å². The maximum absolute atomic E-state index is 13.6. The predicted molar refractivity (Wildman–Crippen MR) is 150 cm³/mol. The molecule has 1 N–H and O–H groups in total. The lowest BCUT2D eigenvalue weighted by Gasteiger charge is -2.26. The number of amides is 1. The first-order valence-electron chi connectivity index (χ1n) is 12.2. The van der Waals surface area contributed by atoms with Crippen LogP contribution in [-0.4, -0.2) is 21.0 Å². The number of carbonyl (C=O) groups is 1. The number of ether oxygens (including phenoxy) is 1. The van der Waals surface area contributed by atoms with Crippen molar-refractivity contribution >= 4 is 34.7 Å². The third-order valence-corrected chi connectivity index (χ3v) is 6.12. The largest absolute Gasteiger partial charge is 0.487 e. The number of nitrogens with zero attached hydrogens (tertiary/aromatic N) is 4. The number of aromatic nitrogens is 3. The van der Waals surface area contributed by atoms with E-state index in [0.29, 0.717) is 44.9 Å². The maximum Gasteiger partial charge on any atom is 0.243 e. The van der Waals surface area contributed by atoms with Crippen LogP contribution in [0.3, 0.4) is 0 Å². The van der Waals surface area contributed by atoms with Crippen LogP contribution >= 0.6 is 11.6 Å². The molecule has 0 fully saturated rings. The van der Waals surface area contributed by atoms with Crippen molar-refractivity contribution in [2.24, 2.45) is 0 Å². The van der Waals surface area contributed by atoms with Gasteiger partial charge in [0.1, 0.15) is 30.2 Å². The topological polar surface area (TPSA) is 93.4 Å². The Morgan fingerprint density at radius 3 is 2.70 bits per heavy atom. The second-order valence-corrected chi connectivity index (χ2v) is 8.98. The maximum atomic E-state index is 13.6. The average molecular weight is 556 g/mol. The molecule has 0 radical (unpaired) electrons. The molecule has 3 aromatic carbocycles. The number of rotatable bonds is 10. The van der Waals surface area contributed by atoms with Gasteiger partial charge in [0.05, 0.1) is 17.1 Å². The van der Waals surface area contributed by atoms with Gasteiger partial charge in [-0.15, -0.1) is 0 Å². The summed E-state index contributed by atoms with van der Waals surface area (Å²) >= 11 is 6.65. The van der Waals surface area contributed by atoms with Gasteiger partial charge in [0.2, 0.25) is 5.91 Å². The molecule has 0 saturated heterocycles. The Bertz CT molecular complexity index is 1640. The minimum absolute atomic E-state index is 0.163. The summed E-state index contributed by atoms with van der Waals surface area (Å²) in [6.45, 7) is 3.78. The highest BCUT2D eigenvalue weighted by Gasteiger charge is 2.22. The van der Waals surface area contributed by atoms with Gasteiger partial charge in [0.25, 0.3) is 0 Å². The lowest BCUT2D eigenvalue weighted by Crippen LogP contribution is -2.19. The number of para-hydroxylation sites is 1. The Balaban J connectivity index is 1.48. The highest BCUT2D eigenvalue weighted by atomic mass is 35.5. The van der Waals surface area contributed by atoms with Crippen LogP contribution in [0.1, 0.15) is 11.3 Å². The fourth-order valence-corrected chi connectivity index (χ4v) is 4.18. The molecule has 2 aromatic heterocycles. The van der Waals surface area contributed by atoms with Crippen LogP contribution in [0.15, 0.2) is 109 Å². The summed E-state index contributed by atoms with van der Waals surface area (Å²) in [6.07, 6.45) is 4.25. The van der Waals surface area contributed by atoms with E-state index in [-0.39, 0.29) is 24.9 Å². The molecule has 2 heterocycles. The quantitative estimate of drug-likeness (QED) is 0.190. The van der Waals surface area contributed by atoms with Gasteiger partial charge in [0, 0.05) is 23.6 Å². The van der Waals surface area contributed by atoms with Gasteiger partial charge in [-0.2, -0.15) is 0 Å². The summed E-state index contributed by atoms with van der Waals surface area (Å²) in [6, 6.07) is 22.9. The van der Waals surface area contributed by atoms with Crippen LogP contribution in [0.25, 0.3) is 11.3 Å². The molecular formula is C30H23ClFN5O3. The monoisotopic (exact) mass is 555 g/mol. The summed E-state index contributed by atoms with van der Waals surface area (Å²) in [4.78, 5) is 22.2. The first-order valence-corrected chi connectivity index (χ1v) is 12.6. The van der Waals surface area contributed by atoms with Crippen LogP contribution in [0, 0.1) is 5.82 Å². The van der Waals surface area contributed by atoms with E-state index in [4.69, 9.17) is 20.9 Å². The van der Waals surface area contributed by atoms with Gasteiger partial charge in [-0.1, -0.05) is 53.7 Å². The highest BCUT2D eigenvalue weighted by molar-refractivity contribution is 6.32. The van der Waals surface area contributed by atoms with Crippen molar-refractivity contribution in [1.82, 2.24) is 20.4 Å². The lowest BCUT2D eigenvalue weighted by molar-refractivity contribution is -0.116. The summed E-state index contributed by atoms with van der Waals surface area (Å²) in [7, 11) is 0. The zero-order valence-corrected chi connectivity index (χ0v) is 21.9. The first kappa shape index (κ1) is 26.6. The number of hydrogen-bond donors (Lipinski definition) is 1. The summed E-state index contributed by atoms with van der Waals surface area (Å²) in [5.41, 5.74) is 3.29. The average Bonchev–Trinajstić information content (AvgIpc) is 3.45. The summed E-state index contributed by atoms with van der Waals surface area (Å²) in [5, 5.41) is 7.10. The Hall–Kier alpha value is -5.02. The van der Waals surface area contributed by atoms with Crippen molar-refractivity contribution in [2.45, 2.75) is 13.2 Å².